The summed E-state index contributed by atoms with van der Waals surface area (Å²) in [6.07, 6.45) is 4.89. The van der Waals surface area contributed by atoms with Gasteiger partial charge in [-0.3, -0.25) is 13.9 Å². The van der Waals surface area contributed by atoms with E-state index in [0.717, 1.165) is 41.8 Å². The minimum Gasteiger partial charge on any atom is -0.352 e. The Morgan fingerprint density at radius 1 is 0.976 bits per heavy atom. The summed E-state index contributed by atoms with van der Waals surface area (Å²) in [6, 6.07) is 18.3. The van der Waals surface area contributed by atoms with E-state index < -0.39 is 34.3 Å². The monoisotopic (exact) mass is 619 g/mol. The van der Waals surface area contributed by atoms with Gasteiger partial charge in [-0.05, 0) is 54.3 Å². The van der Waals surface area contributed by atoms with Gasteiger partial charge < -0.3 is 10.2 Å². The number of sulfonamides is 1. The molecule has 1 atom stereocenters. The van der Waals surface area contributed by atoms with Gasteiger partial charge in [-0.15, -0.1) is 0 Å². The fraction of sp³-hybridized carbons (Fsp3) is 0.333. The summed E-state index contributed by atoms with van der Waals surface area (Å²) in [4.78, 5) is 29.3. The van der Waals surface area contributed by atoms with Crippen LogP contribution in [-0.2, 0) is 32.6 Å². The number of nitrogens with zero attached hydrogens (tertiary/aromatic N) is 2. The molecule has 1 aliphatic rings. The van der Waals surface area contributed by atoms with Crippen LogP contribution < -0.4 is 9.62 Å². The maximum atomic E-state index is 14.1. The van der Waals surface area contributed by atoms with Gasteiger partial charge >= 0.3 is 0 Å². The molecule has 0 bridgehead atoms. The van der Waals surface area contributed by atoms with Gasteiger partial charge in [0, 0.05) is 24.0 Å². The Hall–Kier alpha value is -3.14. The van der Waals surface area contributed by atoms with Gasteiger partial charge in [-0.2, -0.15) is 0 Å². The van der Waals surface area contributed by atoms with E-state index in [9.17, 15) is 22.4 Å². The van der Waals surface area contributed by atoms with Crippen LogP contribution in [0.3, 0.4) is 0 Å². The van der Waals surface area contributed by atoms with E-state index in [1.54, 1.807) is 0 Å². The molecule has 4 rings (SSSR count). The number of carbonyl (C=O) groups excluding carboxylic acids is 2. The van der Waals surface area contributed by atoms with Gasteiger partial charge in [0.1, 0.15) is 18.4 Å². The van der Waals surface area contributed by atoms with E-state index in [1.807, 2.05) is 30.3 Å². The first-order valence-electron chi connectivity index (χ1n) is 13.3. The third-order valence-electron chi connectivity index (χ3n) is 7.09. The quantitative estimate of drug-likeness (QED) is 0.303. The van der Waals surface area contributed by atoms with Gasteiger partial charge in [-0.25, -0.2) is 12.8 Å². The summed E-state index contributed by atoms with van der Waals surface area (Å²) in [5.41, 5.74) is 1.46. The molecule has 0 aromatic heterocycles. The highest BCUT2D eigenvalue weighted by atomic mass is 35.5. The molecule has 2 amide bonds. The molecule has 11 heteroatoms. The minimum absolute atomic E-state index is 0.00123. The molecule has 0 spiro atoms. The van der Waals surface area contributed by atoms with E-state index in [1.165, 1.54) is 47.4 Å². The summed E-state index contributed by atoms with van der Waals surface area (Å²) in [6.45, 7) is -0.669. The van der Waals surface area contributed by atoms with Crippen molar-refractivity contribution in [1.29, 1.82) is 0 Å². The highest BCUT2D eigenvalue weighted by Crippen LogP contribution is 2.31. The molecule has 0 heterocycles. The Kier molecular flexibility index (Phi) is 10.3. The van der Waals surface area contributed by atoms with E-state index in [0.29, 0.717) is 5.56 Å². The van der Waals surface area contributed by atoms with Crippen molar-refractivity contribution in [3.63, 3.8) is 0 Å². The Bertz CT molecular complexity index is 1470. The molecule has 0 radical (unpaired) electrons. The van der Waals surface area contributed by atoms with Crippen LogP contribution in [0, 0.1) is 5.82 Å². The summed E-state index contributed by atoms with van der Waals surface area (Å²) >= 11 is 12.5. The van der Waals surface area contributed by atoms with Crippen LogP contribution in [0.4, 0.5) is 10.1 Å². The lowest BCUT2D eigenvalue weighted by Gasteiger charge is -2.34. The Balaban J connectivity index is 1.74. The van der Waals surface area contributed by atoms with E-state index in [-0.39, 0.29) is 40.6 Å². The Morgan fingerprint density at radius 2 is 1.63 bits per heavy atom. The van der Waals surface area contributed by atoms with Crippen molar-refractivity contribution in [2.24, 2.45) is 0 Å². The maximum absolute atomic E-state index is 14.1. The van der Waals surface area contributed by atoms with Crippen LogP contribution >= 0.6 is 23.2 Å². The summed E-state index contributed by atoms with van der Waals surface area (Å²) in [5.74, 6) is -1.40. The second-order valence-electron chi connectivity index (χ2n) is 10.2. The molecule has 1 aliphatic carbocycles. The molecule has 1 N–H and O–H groups in total. The van der Waals surface area contributed by atoms with Gasteiger partial charge in [0.2, 0.25) is 21.8 Å². The molecule has 7 nitrogen and oxygen atoms in total. The zero-order valence-corrected chi connectivity index (χ0v) is 24.9. The van der Waals surface area contributed by atoms with Crippen molar-refractivity contribution in [2.45, 2.75) is 50.7 Å². The Labute approximate surface area is 250 Å². The second-order valence-corrected chi connectivity index (χ2v) is 13.0. The third-order valence-corrected chi connectivity index (χ3v) is 8.78. The van der Waals surface area contributed by atoms with Crippen molar-refractivity contribution in [1.82, 2.24) is 10.2 Å². The lowest BCUT2D eigenvalue weighted by molar-refractivity contribution is -0.140. The smallest absolute Gasteiger partial charge is 0.244 e. The lowest BCUT2D eigenvalue weighted by Crippen LogP contribution is -2.54. The van der Waals surface area contributed by atoms with Crippen LogP contribution in [0.25, 0.3) is 0 Å². The first-order valence-corrected chi connectivity index (χ1v) is 15.9. The molecule has 0 unspecified atom stereocenters. The summed E-state index contributed by atoms with van der Waals surface area (Å²) in [5, 5.41) is 3.44. The highest BCUT2D eigenvalue weighted by Gasteiger charge is 2.34. The summed E-state index contributed by atoms with van der Waals surface area (Å²) < 4.78 is 40.4. The number of amides is 2. The molecule has 0 aliphatic heterocycles. The number of anilines is 1. The maximum Gasteiger partial charge on any atom is 0.244 e. The number of benzene rings is 3. The number of rotatable bonds is 11. The number of carbonyl (C=O) groups is 2. The largest absolute Gasteiger partial charge is 0.352 e. The molecule has 218 valence electrons. The number of hydrogen-bond donors (Lipinski definition) is 1. The van der Waals surface area contributed by atoms with Gasteiger partial charge in [0.25, 0.3) is 0 Å². The van der Waals surface area contributed by atoms with Crippen LogP contribution in [-0.4, -0.2) is 50.0 Å². The molecule has 41 heavy (non-hydrogen) atoms. The molecular weight excluding hydrogens is 588 g/mol. The zero-order chi connectivity index (χ0) is 29.6. The molecule has 3 aromatic carbocycles. The highest BCUT2D eigenvalue weighted by molar-refractivity contribution is 7.92. The summed E-state index contributed by atoms with van der Waals surface area (Å²) in [7, 11) is -4.00. The first-order chi connectivity index (χ1) is 19.5. The van der Waals surface area contributed by atoms with Crippen LogP contribution in [0.15, 0.2) is 72.8 Å². The second kappa shape index (κ2) is 13.7. The van der Waals surface area contributed by atoms with Crippen molar-refractivity contribution in [3.8, 4) is 0 Å². The van der Waals surface area contributed by atoms with Crippen molar-refractivity contribution in [2.75, 3.05) is 17.1 Å². The predicted octanol–water partition coefficient (Wildman–Crippen LogP) is 5.60. The Morgan fingerprint density at radius 3 is 2.27 bits per heavy atom. The first kappa shape index (κ1) is 30.8. The van der Waals surface area contributed by atoms with E-state index in [4.69, 9.17) is 23.2 Å². The van der Waals surface area contributed by atoms with Gasteiger partial charge in [-0.1, -0.05) is 78.5 Å². The van der Waals surface area contributed by atoms with Crippen molar-refractivity contribution >= 4 is 50.7 Å². The molecule has 0 saturated heterocycles. The normalized spacial score (nSPS) is 14.4. The number of nitrogens with one attached hydrogen (secondary N) is 1. The van der Waals surface area contributed by atoms with Crippen LogP contribution in [0.2, 0.25) is 10.0 Å². The average molecular weight is 621 g/mol. The molecule has 3 aromatic rings. The van der Waals surface area contributed by atoms with Gasteiger partial charge in [0.05, 0.1) is 17.0 Å². The fourth-order valence-electron chi connectivity index (χ4n) is 4.98. The zero-order valence-electron chi connectivity index (χ0n) is 22.6. The fourth-order valence-corrected chi connectivity index (χ4v) is 6.27. The number of hydrogen-bond acceptors (Lipinski definition) is 4. The van der Waals surface area contributed by atoms with Crippen LogP contribution in [0.1, 0.15) is 36.8 Å². The van der Waals surface area contributed by atoms with Crippen LogP contribution in [0.5, 0.6) is 0 Å². The standard InChI is InChI=1S/C30H32Cl2FN3O4S/c1-41(39,40)36(27-18-23(31)13-16-26(27)32)20-29(37)35(19-22-11-14-24(33)15-12-22)28(17-21-7-3-2-4-8-21)30(38)34-25-9-5-6-10-25/h2-4,7-8,11-16,18,25,28H,5-6,9-10,17,19-20H2,1H3,(H,34,38)/t28-/m0/s1. The minimum atomic E-state index is -4.00. The number of halogens is 3. The SMILES string of the molecule is CS(=O)(=O)N(CC(=O)N(Cc1ccc(F)cc1)[C@@H](Cc1ccccc1)C(=O)NC1CCCC1)c1cc(Cl)ccc1Cl. The van der Waals surface area contributed by atoms with Crippen molar-refractivity contribution in [3.05, 3.63) is 99.8 Å². The van der Waals surface area contributed by atoms with Gasteiger partial charge in [0.15, 0.2) is 0 Å². The third kappa shape index (κ3) is 8.44. The predicted molar refractivity (Wildman–Crippen MR) is 160 cm³/mol. The van der Waals surface area contributed by atoms with E-state index in [2.05, 4.69) is 5.32 Å². The molecular formula is C30H32Cl2FN3O4S. The average Bonchev–Trinajstić information content (AvgIpc) is 3.44. The molecule has 1 saturated carbocycles. The topological polar surface area (TPSA) is 86.8 Å². The van der Waals surface area contributed by atoms with E-state index >= 15 is 0 Å². The lowest BCUT2D eigenvalue weighted by atomic mass is 10.0. The molecule has 1 fully saturated rings. The van der Waals surface area contributed by atoms with Crippen molar-refractivity contribution < 1.29 is 22.4 Å².